The van der Waals surface area contributed by atoms with Gasteiger partial charge in [0.2, 0.25) is 0 Å². The Morgan fingerprint density at radius 3 is 2.80 bits per heavy atom. The molecule has 0 bridgehead atoms. The largest absolute Gasteiger partial charge is 0.497 e. The van der Waals surface area contributed by atoms with Crippen molar-refractivity contribution < 1.29 is 9.13 Å². The van der Waals surface area contributed by atoms with E-state index in [9.17, 15) is 9.18 Å². The Labute approximate surface area is 116 Å². The highest BCUT2D eigenvalue weighted by Crippen LogP contribution is 2.20. The van der Waals surface area contributed by atoms with Gasteiger partial charge >= 0.3 is 0 Å². The number of nitrogens with one attached hydrogen (secondary N) is 2. The van der Waals surface area contributed by atoms with Gasteiger partial charge in [-0.05, 0) is 37.6 Å². The molecule has 0 aliphatic carbocycles. The maximum Gasteiger partial charge on any atom is 0.256 e. The minimum atomic E-state index is -0.304. The van der Waals surface area contributed by atoms with E-state index in [1.54, 1.807) is 26.0 Å². The highest BCUT2D eigenvalue weighted by atomic mass is 19.1. The second-order valence-corrected chi connectivity index (χ2v) is 4.52. The first-order chi connectivity index (χ1) is 9.51. The predicted molar refractivity (Wildman–Crippen MR) is 75.7 cm³/mol. The van der Waals surface area contributed by atoms with Crippen molar-refractivity contribution in [3.63, 3.8) is 0 Å². The molecule has 0 saturated carbocycles. The van der Waals surface area contributed by atoms with Crippen LogP contribution in [0.15, 0.2) is 23.0 Å². The number of benzene rings is 1. The fourth-order valence-corrected chi connectivity index (χ4v) is 2.04. The van der Waals surface area contributed by atoms with Gasteiger partial charge in [0.1, 0.15) is 11.6 Å². The van der Waals surface area contributed by atoms with Crippen LogP contribution in [0.3, 0.4) is 0 Å². The monoisotopic (exact) mass is 275 g/mol. The van der Waals surface area contributed by atoms with Gasteiger partial charge in [-0.3, -0.25) is 4.79 Å². The second-order valence-electron chi connectivity index (χ2n) is 4.52. The second kappa shape index (κ2) is 5.77. The summed E-state index contributed by atoms with van der Waals surface area (Å²) in [5, 5.41) is 3.12. The van der Waals surface area contributed by atoms with Gasteiger partial charge in [0.15, 0.2) is 0 Å². The predicted octanol–water partition coefficient (Wildman–Crippen LogP) is 2.55. The van der Waals surface area contributed by atoms with Crippen LogP contribution in [0.5, 0.6) is 5.75 Å². The van der Waals surface area contributed by atoms with Gasteiger partial charge in [0, 0.05) is 17.8 Å². The van der Waals surface area contributed by atoms with E-state index in [0.717, 1.165) is 5.69 Å². The normalized spacial score (nSPS) is 10.4. The Hall–Kier alpha value is -2.30. The summed E-state index contributed by atoms with van der Waals surface area (Å²) >= 11 is 0. The van der Waals surface area contributed by atoms with Gasteiger partial charge in [-0.25, -0.2) is 4.39 Å². The number of halogens is 1. The van der Waals surface area contributed by atoms with Crippen molar-refractivity contribution >= 4 is 5.69 Å². The summed E-state index contributed by atoms with van der Waals surface area (Å²) in [6.45, 7) is 3.86. The van der Waals surface area contributed by atoms with Crippen molar-refractivity contribution in [2.24, 2.45) is 0 Å². The minimum Gasteiger partial charge on any atom is -0.497 e. The van der Waals surface area contributed by atoms with Crippen LogP contribution in [0, 0.1) is 25.7 Å². The van der Waals surface area contributed by atoms with Crippen molar-refractivity contribution in [2.45, 2.75) is 20.4 Å². The van der Waals surface area contributed by atoms with E-state index in [-0.39, 0.29) is 11.4 Å². The van der Waals surface area contributed by atoms with E-state index < -0.39 is 0 Å². The summed E-state index contributed by atoms with van der Waals surface area (Å²) < 4.78 is 18.8. The number of hydrogen-bond acceptors (Lipinski definition) is 3. The molecule has 0 unspecified atom stereocenters. The van der Waals surface area contributed by atoms with Gasteiger partial charge < -0.3 is 15.0 Å². The van der Waals surface area contributed by atoms with E-state index in [1.807, 2.05) is 0 Å². The molecule has 4 nitrogen and oxygen atoms in total. The molecule has 105 valence electrons. The molecule has 0 aliphatic rings. The number of ether oxygens (including phenoxy) is 1. The zero-order valence-electron chi connectivity index (χ0n) is 11.6. The molecule has 0 fully saturated rings. The Kier molecular flexibility index (Phi) is 4.08. The van der Waals surface area contributed by atoms with Gasteiger partial charge in [-0.15, -0.1) is 0 Å². The Balaban J connectivity index is 2.23. The number of H-pyrrole nitrogens is 1. The zero-order chi connectivity index (χ0) is 14.7. The molecule has 2 aromatic rings. The number of pyridine rings is 1. The van der Waals surface area contributed by atoms with E-state index in [0.29, 0.717) is 29.1 Å². The van der Waals surface area contributed by atoms with Crippen LogP contribution in [-0.2, 0) is 6.54 Å². The lowest BCUT2D eigenvalue weighted by atomic mass is 10.1. The molecule has 0 amide bonds. The number of anilines is 1. The number of methoxy groups -OCH3 is 1. The number of aryl methyl sites for hydroxylation is 2. The van der Waals surface area contributed by atoms with Crippen LogP contribution in [0.4, 0.5) is 10.1 Å². The number of aromatic nitrogens is 1. The van der Waals surface area contributed by atoms with E-state index in [4.69, 9.17) is 4.74 Å². The molecule has 1 aromatic carbocycles. The molecule has 0 spiro atoms. The molecule has 0 aliphatic heterocycles. The van der Waals surface area contributed by atoms with Gasteiger partial charge in [0.25, 0.3) is 5.56 Å². The van der Waals surface area contributed by atoms with Crippen molar-refractivity contribution in [3.05, 3.63) is 57.3 Å². The van der Waals surface area contributed by atoms with Crippen LogP contribution in [-0.4, -0.2) is 12.1 Å². The Bertz CT molecular complexity index is 654. The summed E-state index contributed by atoms with van der Waals surface area (Å²) in [4.78, 5) is 13.9. The number of hydrogen-bond donors (Lipinski definition) is 2. The maximum absolute atomic E-state index is 13.7. The molecular formula is C15H16FN2O2. The summed E-state index contributed by atoms with van der Waals surface area (Å²) in [5.74, 6) is 0.298. The standard InChI is InChI=1S/C15H16FN2O2/c1-9-6-14(19)18-10(2)15(9)17-8-11-7-12(20-3)4-5-13(11)16/h4-5,7,17H,8H2,1-3H3,(H,18,19). The van der Waals surface area contributed by atoms with Crippen molar-refractivity contribution in [1.82, 2.24) is 4.98 Å². The quantitative estimate of drug-likeness (QED) is 0.901. The van der Waals surface area contributed by atoms with Crippen LogP contribution in [0.2, 0.25) is 0 Å². The fraction of sp³-hybridized carbons (Fsp3) is 0.267. The SMILES string of the molecule is COc1ccc(F)c(CNc2c(C)[c]c(=O)[nH]c2C)c1. The van der Waals surface area contributed by atoms with E-state index in [2.05, 4.69) is 16.4 Å². The zero-order valence-corrected chi connectivity index (χ0v) is 11.6. The fourth-order valence-electron chi connectivity index (χ4n) is 2.04. The summed E-state index contributed by atoms with van der Waals surface area (Å²) in [7, 11) is 1.54. The molecule has 1 aromatic heterocycles. The maximum atomic E-state index is 13.7. The summed E-state index contributed by atoms with van der Waals surface area (Å²) in [6.07, 6.45) is 0. The number of rotatable bonds is 4. The van der Waals surface area contributed by atoms with E-state index >= 15 is 0 Å². The van der Waals surface area contributed by atoms with E-state index in [1.165, 1.54) is 13.2 Å². The average molecular weight is 275 g/mol. The molecule has 2 rings (SSSR count). The Morgan fingerprint density at radius 2 is 2.15 bits per heavy atom. The van der Waals surface area contributed by atoms with Crippen molar-refractivity contribution in [3.8, 4) is 5.75 Å². The molecule has 1 radical (unpaired) electrons. The molecule has 20 heavy (non-hydrogen) atoms. The molecule has 5 heteroatoms. The number of aromatic amines is 1. The van der Waals surface area contributed by atoms with Gasteiger partial charge in [0.05, 0.1) is 18.9 Å². The van der Waals surface area contributed by atoms with Crippen LogP contribution < -0.4 is 15.6 Å². The lowest BCUT2D eigenvalue weighted by molar-refractivity contribution is 0.413. The molecule has 2 N–H and O–H groups in total. The van der Waals surface area contributed by atoms with Crippen LogP contribution >= 0.6 is 0 Å². The average Bonchev–Trinajstić information content (AvgIpc) is 2.39. The summed E-state index contributed by atoms with van der Waals surface area (Å²) in [5.41, 5.74) is 2.39. The highest BCUT2D eigenvalue weighted by Gasteiger charge is 2.08. The smallest absolute Gasteiger partial charge is 0.256 e. The van der Waals surface area contributed by atoms with Gasteiger partial charge in [-0.2, -0.15) is 0 Å². The lowest BCUT2D eigenvalue weighted by Gasteiger charge is -2.13. The van der Waals surface area contributed by atoms with Crippen molar-refractivity contribution in [2.75, 3.05) is 12.4 Å². The molecular weight excluding hydrogens is 259 g/mol. The molecule has 0 saturated heterocycles. The van der Waals surface area contributed by atoms with Crippen LogP contribution in [0.1, 0.15) is 16.8 Å². The first kappa shape index (κ1) is 14.1. The summed E-state index contributed by atoms with van der Waals surface area (Å²) in [6, 6.07) is 7.24. The third-order valence-electron chi connectivity index (χ3n) is 3.06. The third-order valence-corrected chi connectivity index (χ3v) is 3.06. The van der Waals surface area contributed by atoms with Crippen molar-refractivity contribution in [1.29, 1.82) is 0 Å². The minimum absolute atomic E-state index is 0.266. The Morgan fingerprint density at radius 1 is 1.40 bits per heavy atom. The molecule has 0 atom stereocenters. The van der Waals surface area contributed by atoms with Gasteiger partial charge in [-0.1, -0.05) is 0 Å². The first-order valence-electron chi connectivity index (χ1n) is 6.20. The first-order valence-corrected chi connectivity index (χ1v) is 6.20. The lowest BCUT2D eigenvalue weighted by Crippen LogP contribution is -2.12. The topological polar surface area (TPSA) is 54.1 Å². The third kappa shape index (κ3) is 2.99. The molecule has 1 heterocycles. The highest BCUT2D eigenvalue weighted by molar-refractivity contribution is 5.53. The van der Waals surface area contributed by atoms with Crippen LogP contribution in [0.25, 0.3) is 0 Å².